The molecular weight excluding hydrogens is 496 g/mol. The van der Waals surface area contributed by atoms with Crippen molar-refractivity contribution in [3.8, 4) is 5.75 Å². The zero-order chi connectivity index (χ0) is 26.8. The molecular formula is C27H48N2O9. The topological polar surface area (TPSA) is 121 Å². The Morgan fingerprint density at radius 2 is 0.947 bits per heavy atom. The van der Waals surface area contributed by atoms with E-state index in [2.05, 4.69) is 5.32 Å². The van der Waals surface area contributed by atoms with Crippen LogP contribution in [-0.4, -0.2) is 125 Å². The van der Waals surface area contributed by atoms with Gasteiger partial charge < -0.3 is 53.7 Å². The van der Waals surface area contributed by atoms with Crippen molar-refractivity contribution in [3.05, 3.63) is 24.3 Å². The SMILES string of the molecule is Nc1ccccc1OCCOCCOCCOCCOCCOCCOCCOCCOC1CCNCC1. The van der Waals surface area contributed by atoms with E-state index in [-0.39, 0.29) is 0 Å². The second-order valence-electron chi connectivity index (χ2n) is 8.49. The smallest absolute Gasteiger partial charge is 0.142 e. The number of nitrogens with one attached hydrogen (secondary N) is 1. The van der Waals surface area contributed by atoms with Crippen LogP contribution in [0, 0.1) is 0 Å². The van der Waals surface area contributed by atoms with Gasteiger partial charge in [-0.2, -0.15) is 0 Å². The van der Waals surface area contributed by atoms with Gasteiger partial charge in [-0.05, 0) is 38.1 Å². The minimum atomic E-state index is 0.375. The van der Waals surface area contributed by atoms with Gasteiger partial charge in [-0.15, -0.1) is 0 Å². The highest BCUT2D eigenvalue weighted by Gasteiger charge is 2.12. The Morgan fingerprint density at radius 1 is 0.553 bits per heavy atom. The van der Waals surface area contributed by atoms with Crippen molar-refractivity contribution in [3.63, 3.8) is 0 Å². The molecule has 0 atom stereocenters. The Kier molecular flexibility index (Phi) is 21.1. The Balaban J connectivity index is 1.17. The van der Waals surface area contributed by atoms with E-state index >= 15 is 0 Å². The molecule has 11 nitrogen and oxygen atoms in total. The van der Waals surface area contributed by atoms with Crippen LogP contribution in [0.25, 0.3) is 0 Å². The van der Waals surface area contributed by atoms with Crippen LogP contribution in [0.4, 0.5) is 5.69 Å². The third-order valence-electron chi connectivity index (χ3n) is 5.50. The Bertz CT molecular complexity index is 651. The fourth-order valence-electron chi connectivity index (χ4n) is 3.48. The van der Waals surface area contributed by atoms with E-state index in [1.807, 2.05) is 18.2 Å². The molecule has 1 aliphatic heterocycles. The zero-order valence-electron chi connectivity index (χ0n) is 22.8. The molecule has 0 unspecified atom stereocenters. The number of benzene rings is 1. The van der Waals surface area contributed by atoms with Crippen molar-refractivity contribution in [2.24, 2.45) is 0 Å². The summed E-state index contributed by atoms with van der Waals surface area (Å²) >= 11 is 0. The average Bonchev–Trinajstić information content (AvgIpc) is 2.94. The standard InChI is InChI=1S/C27H48N2O9/c28-26-3-1-2-4-27(26)38-24-22-36-20-18-34-16-14-32-12-10-30-9-11-31-13-15-33-17-19-35-21-23-37-25-5-7-29-8-6-25/h1-4,25,29H,5-24,28H2. The molecule has 0 aromatic heterocycles. The summed E-state index contributed by atoms with van der Waals surface area (Å²) in [4.78, 5) is 0. The summed E-state index contributed by atoms with van der Waals surface area (Å²) in [6, 6.07) is 7.39. The van der Waals surface area contributed by atoms with Crippen LogP contribution >= 0.6 is 0 Å². The second kappa shape index (κ2) is 24.5. The van der Waals surface area contributed by atoms with E-state index in [9.17, 15) is 0 Å². The highest BCUT2D eigenvalue weighted by atomic mass is 16.6. The van der Waals surface area contributed by atoms with Gasteiger partial charge in [0.05, 0.1) is 111 Å². The fourth-order valence-corrected chi connectivity index (χ4v) is 3.48. The van der Waals surface area contributed by atoms with Crippen molar-refractivity contribution in [1.82, 2.24) is 5.32 Å². The van der Waals surface area contributed by atoms with Gasteiger partial charge in [0.25, 0.3) is 0 Å². The molecule has 38 heavy (non-hydrogen) atoms. The predicted molar refractivity (Wildman–Crippen MR) is 144 cm³/mol. The normalized spacial score (nSPS) is 14.2. The predicted octanol–water partition coefficient (Wildman–Crippen LogP) is 1.53. The monoisotopic (exact) mass is 544 g/mol. The fraction of sp³-hybridized carbons (Fsp3) is 0.778. The van der Waals surface area contributed by atoms with Crippen molar-refractivity contribution < 1.29 is 42.6 Å². The van der Waals surface area contributed by atoms with Crippen molar-refractivity contribution in [2.75, 3.05) is 125 Å². The van der Waals surface area contributed by atoms with Crippen LogP contribution in [0.15, 0.2) is 24.3 Å². The highest BCUT2D eigenvalue weighted by molar-refractivity contribution is 5.51. The maximum Gasteiger partial charge on any atom is 0.142 e. The van der Waals surface area contributed by atoms with Gasteiger partial charge in [0.15, 0.2) is 0 Å². The molecule has 0 aliphatic carbocycles. The van der Waals surface area contributed by atoms with E-state index in [0.29, 0.717) is 123 Å². The first kappa shape index (κ1) is 32.7. The van der Waals surface area contributed by atoms with Crippen LogP contribution in [0.5, 0.6) is 5.75 Å². The van der Waals surface area contributed by atoms with Gasteiger partial charge in [-0.25, -0.2) is 0 Å². The van der Waals surface area contributed by atoms with Gasteiger partial charge in [-0.3, -0.25) is 0 Å². The van der Waals surface area contributed by atoms with E-state index in [1.165, 1.54) is 0 Å². The van der Waals surface area contributed by atoms with Crippen LogP contribution in [0.2, 0.25) is 0 Å². The number of piperidine rings is 1. The molecule has 1 saturated heterocycles. The van der Waals surface area contributed by atoms with Gasteiger partial charge in [0, 0.05) is 0 Å². The molecule has 220 valence electrons. The Morgan fingerprint density at radius 3 is 1.39 bits per heavy atom. The number of hydrogen-bond donors (Lipinski definition) is 2. The van der Waals surface area contributed by atoms with E-state index < -0.39 is 0 Å². The molecule has 3 N–H and O–H groups in total. The molecule has 0 saturated carbocycles. The van der Waals surface area contributed by atoms with Crippen LogP contribution < -0.4 is 15.8 Å². The summed E-state index contributed by atoms with van der Waals surface area (Å²) in [5.41, 5.74) is 6.43. The first-order chi connectivity index (χ1) is 18.9. The maximum absolute atomic E-state index is 5.81. The van der Waals surface area contributed by atoms with Crippen LogP contribution in [0.1, 0.15) is 12.8 Å². The number of ether oxygens (including phenoxy) is 9. The molecule has 0 amide bonds. The number of nitrogens with two attached hydrogens (primary N) is 1. The molecule has 0 radical (unpaired) electrons. The van der Waals surface area contributed by atoms with Crippen LogP contribution in [-0.2, 0) is 37.9 Å². The average molecular weight is 545 g/mol. The Hall–Kier alpha value is -1.54. The van der Waals surface area contributed by atoms with Gasteiger partial charge in [-0.1, -0.05) is 12.1 Å². The molecule has 1 fully saturated rings. The molecule has 0 spiro atoms. The number of hydrogen-bond acceptors (Lipinski definition) is 11. The third-order valence-corrected chi connectivity index (χ3v) is 5.50. The maximum atomic E-state index is 5.81. The van der Waals surface area contributed by atoms with E-state index in [4.69, 9.17) is 48.4 Å². The molecule has 1 aliphatic rings. The summed E-state index contributed by atoms with van der Waals surface area (Å²) in [5, 5.41) is 3.33. The number of nitrogen functional groups attached to an aromatic ring is 1. The van der Waals surface area contributed by atoms with Crippen molar-refractivity contribution in [2.45, 2.75) is 18.9 Å². The summed E-state index contributed by atoms with van der Waals surface area (Å²) in [7, 11) is 0. The summed E-state index contributed by atoms with van der Waals surface area (Å²) in [5.74, 6) is 0.674. The van der Waals surface area contributed by atoms with Crippen molar-refractivity contribution >= 4 is 5.69 Å². The lowest BCUT2D eigenvalue weighted by Gasteiger charge is -2.22. The lowest BCUT2D eigenvalue weighted by Crippen LogP contribution is -2.33. The Labute approximate surface area is 227 Å². The summed E-state index contributed by atoms with van der Waals surface area (Å²) in [6.07, 6.45) is 2.54. The highest BCUT2D eigenvalue weighted by Crippen LogP contribution is 2.19. The first-order valence-corrected chi connectivity index (χ1v) is 13.7. The number of anilines is 1. The second-order valence-corrected chi connectivity index (χ2v) is 8.49. The molecule has 1 heterocycles. The van der Waals surface area contributed by atoms with Gasteiger partial charge >= 0.3 is 0 Å². The first-order valence-electron chi connectivity index (χ1n) is 13.7. The molecule has 0 bridgehead atoms. The minimum Gasteiger partial charge on any atom is -0.489 e. The third kappa shape index (κ3) is 18.7. The zero-order valence-corrected chi connectivity index (χ0v) is 22.8. The molecule has 2 rings (SSSR count). The largest absolute Gasteiger partial charge is 0.489 e. The molecule has 11 heteroatoms. The molecule has 1 aromatic carbocycles. The van der Waals surface area contributed by atoms with Gasteiger partial charge in [0.1, 0.15) is 12.4 Å². The van der Waals surface area contributed by atoms with E-state index in [1.54, 1.807) is 6.07 Å². The number of para-hydroxylation sites is 2. The van der Waals surface area contributed by atoms with Crippen LogP contribution in [0.3, 0.4) is 0 Å². The lowest BCUT2D eigenvalue weighted by atomic mass is 10.1. The summed E-state index contributed by atoms with van der Waals surface area (Å²) < 4.78 is 49.7. The minimum absolute atomic E-state index is 0.375. The van der Waals surface area contributed by atoms with E-state index in [0.717, 1.165) is 25.9 Å². The quantitative estimate of drug-likeness (QED) is 0.130. The lowest BCUT2D eigenvalue weighted by molar-refractivity contribution is -0.0314. The van der Waals surface area contributed by atoms with Gasteiger partial charge in [0.2, 0.25) is 0 Å². The van der Waals surface area contributed by atoms with Crippen molar-refractivity contribution in [1.29, 1.82) is 0 Å². The number of rotatable bonds is 26. The molecule has 1 aromatic rings. The summed E-state index contributed by atoms with van der Waals surface area (Å²) in [6.45, 7) is 10.6.